The van der Waals surface area contributed by atoms with Crippen LogP contribution in [0.1, 0.15) is 23.6 Å². The number of fused-ring (bicyclic) bond motifs is 2. The van der Waals surface area contributed by atoms with Crippen molar-refractivity contribution in [2.75, 3.05) is 14.1 Å². The fourth-order valence-electron chi connectivity index (χ4n) is 4.16. The monoisotopic (exact) mass is 346 g/mol. The Bertz CT molecular complexity index is 967. The highest BCUT2D eigenvalue weighted by Gasteiger charge is 2.62. The first-order valence-electron chi connectivity index (χ1n) is 8.39. The van der Waals surface area contributed by atoms with Crippen LogP contribution in [-0.2, 0) is 15.0 Å². The van der Waals surface area contributed by atoms with Crippen LogP contribution in [0.15, 0.2) is 54.6 Å². The number of hydrogen-bond donors (Lipinski definition) is 0. The summed E-state index contributed by atoms with van der Waals surface area (Å²) in [6.45, 7) is 1.92. The van der Waals surface area contributed by atoms with Crippen LogP contribution in [0.3, 0.4) is 0 Å². The molecule has 5 heteroatoms. The van der Waals surface area contributed by atoms with Crippen LogP contribution >= 0.6 is 0 Å². The van der Waals surface area contributed by atoms with Gasteiger partial charge in [0.25, 0.3) is 11.8 Å². The fourth-order valence-corrected chi connectivity index (χ4v) is 4.16. The molecule has 1 spiro atoms. The SMILES string of the molecule is CC1=C(c2ccccc2)C2(C(=O)N(C)C(=O)N(C)C2=O)c2ccccc21. The van der Waals surface area contributed by atoms with Crippen LogP contribution in [0.5, 0.6) is 0 Å². The number of imide groups is 2. The number of carbonyl (C=O) groups is 3. The fraction of sp³-hybridized carbons (Fsp3) is 0.190. The zero-order valence-corrected chi connectivity index (χ0v) is 14.8. The topological polar surface area (TPSA) is 57.7 Å². The van der Waals surface area contributed by atoms with Crippen molar-refractivity contribution in [3.8, 4) is 0 Å². The van der Waals surface area contributed by atoms with Crippen LogP contribution in [-0.4, -0.2) is 41.7 Å². The number of likely N-dealkylation sites (N-methyl/N-ethyl adjacent to an activating group) is 2. The first-order valence-corrected chi connectivity index (χ1v) is 8.39. The molecule has 4 rings (SSSR count). The third-order valence-electron chi connectivity index (χ3n) is 5.37. The Labute approximate surface area is 151 Å². The molecule has 5 nitrogen and oxygen atoms in total. The van der Waals surface area contributed by atoms with Gasteiger partial charge in [0.05, 0.1) is 0 Å². The van der Waals surface area contributed by atoms with Gasteiger partial charge in [0.1, 0.15) is 0 Å². The average Bonchev–Trinajstić information content (AvgIpc) is 2.94. The van der Waals surface area contributed by atoms with Crippen LogP contribution in [0, 0.1) is 0 Å². The van der Waals surface area contributed by atoms with E-state index in [1.807, 2.05) is 61.5 Å². The van der Waals surface area contributed by atoms with Crippen LogP contribution in [0.2, 0.25) is 0 Å². The molecule has 0 aromatic heterocycles. The van der Waals surface area contributed by atoms with E-state index >= 15 is 0 Å². The minimum Gasteiger partial charge on any atom is -0.272 e. The largest absolute Gasteiger partial charge is 0.332 e. The van der Waals surface area contributed by atoms with Crippen molar-refractivity contribution in [2.45, 2.75) is 12.3 Å². The van der Waals surface area contributed by atoms with Gasteiger partial charge in [-0.05, 0) is 34.8 Å². The maximum atomic E-state index is 13.4. The molecule has 1 aliphatic carbocycles. The summed E-state index contributed by atoms with van der Waals surface area (Å²) in [7, 11) is 2.85. The van der Waals surface area contributed by atoms with Gasteiger partial charge in [-0.3, -0.25) is 19.4 Å². The second-order valence-corrected chi connectivity index (χ2v) is 6.67. The molecular formula is C21H18N2O3. The quantitative estimate of drug-likeness (QED) is 0.746. The molecule has 0 radical (unpaired) electrons. The molecule has 1 saturated heterocycles. The van der Waals surface area contributed by atoms with Gasteiger partial charge in [-0.2, -0.15) is 0 Å². The van der Waals surface area contributed by atoms with E-state index in [1.54, 1.807) is 0 Å². The highest BCUT2D eigenvalue weighted by Crippen LogP contribution is 2.53. The van der Waals surface area contributed by atoms with Crippen LogP contribution in [0.4, 0.5) is 4.79 Å². The van der Waals surface area contributed by atoms with Gasteiger partial charge in [-0.1, -0.05) is 54.6 Å². The predicted molar refractivity (Wildman–Crippen MR) is 98.0 cm³/mol. The van der Waals surface area contributed by atoms with Gasteiger partial charge in [0.2, 0.25) is 0 Å². The third kappa shape index (κ3) is 1.77. The normalized spacial score (nSPS) is 18.8. The lowest BCUT2D eigenvalue weighted by atomic mass is 9.71. The van der Waals surface area contributed by atoms with E-state index < -0.39 is 23.3 Å². The summed E-state index contributed by atoms with van der Waals surface area (Å²) >= 11 is 0. The van der Waals surface area contributed by atoms with Gasteiger partial charge < -0.3 is 0 Å². The highest BCUT2D eigenvalue weighted by molar-refractivity contribution is 6.33. The number of barbiturate groups is 1. The molecular weight excluding hydrogens is 328 g/mol. The minimum absolute atomic E-state index is 0.506. The van der Waals surface area contributed by atoms with Crippen molar-refractivity contribution >= 4 is 29.0 Å². The molecule has 26 heavy (non-hydrogen) atoms. The lowest BCUT2D eigenvalue weighted by Crippen LogP contribution is -2.65. The summed E-state index contributed by atoms with van der Waals surface area (Å²) in [5.41, 5.74) is 2.31. The molecule has 130 valence electrons. The van der Waals surface area contributed by atoms with E-state index in [0.29, 0.717) is 11.1 Å². The zero-order valence-electron chi connectivity index (χ0n) is 14.8. The van der Waals surface area contributed by atoms with Crippen molar-refractivity contribution in [2.24, 2.45) is 0 Å². The maximum Gasteiger partial charge on any atom is 0.332 e. The van der Waals surface area contributed by atoms with Crippen LogP contribution < -0.4 is 0 Å². The number of hydrogen-bond acceptors (Lipinski definition) is 3. The molecule has 2 aliphatic rings. The molecule has 1 heterocycles. The van der Waals surface area contributed by atoms with Crippen molar-refractivity contribution < 1.29 is 14.4 Å². The Morgan fingerprint density at radius 2 is 1.31 bits per heavy atom. The van der Waals surface area contributed by atoms with E-state index in [0.717, 1.165) is 26.5 Å². The first-order chi connectivity index (χ1) is 12.4. The van der Waals surface area contributed by atoms with Gasteiger partial charge in [0, 0.05) is 14.1 Å². The second kappa shape index (κ2) is 5.39. The number of allylic oxidation sites excluding steroid dienone is 1. The average molecular weight is 346 g/mol. The highest BCUT2D eigenvalue weighted by atomic mass is 16.2. The van der Waals surface area contributed by atoms with Gasteiger partial charge >= 0.3 is 6.03 Å². The number of amides is 4. The Hall–Kier alpha value is -3.21. The lowest BCUT2D eigenvalue weighted by molar-refractivity contribution is -0.147. The van der Waals surface area contributed by atoms with Crippen molar-refractivity contribution in [3.05, 3.63) is 71.3 Å². The van der Waals surface area contributed by atoms with E-state index in [4.69, 9.17) is 0 Å². The smallest absolute Gasteiger partial charge is 0.272 e. The molecule has 0 atom stereocenters. The molecule has 0 N–H and O–H groups in total. The standard InChI is InChI=1S/C21H18N2O3/c1-13-15-11-7-8-12-16(15)21(17(13)14-9-5-4-6-10-14)18(24)22(2)20(26)23(3)19(21)25/h4-12H,1-3H3. The third-order valence-corrected chi connectivity index (χ3v) is 5.37. The van der Waals surface area contributed by atoms with Crippen molar-refractivity contribution in [1.29, 1.82) is 0 Å². The lowest BCUT2D eigenvalue weighted by Gasteiger charge is -2.41. The predicted octanol–water partition coefficient (Wildman–Crippen LogP) is 2.92. The molecule has 0 unspecified atom stereocenters. The van der Waals surface area contributed by atoms with E-state index in [1.165, 1.54) is 14.1 Å². The summed E-state index contributed by atoms with van der Waals surface area (Å²) in [4.78, 5) is 41.3. The summed E-state index contributed by atoms with van der Waals surface area (Å²) < 4.78 is 0. The van der Waals surface area contributed by atoms with Crippen molar-refractivity contribution in [3.63, 3.8) is 0 Å². The molecule has 2 aromatic carbocycles. The zero-order chi connectivity index (χ0) is 18.6. The number of urea groups is 1. The van der Waals surface area contributed by atoms with Gasteiger partial charge in [-0.15, -0.1) is 0 Å². The molecule has 2 aromatic rings. The van der Waals surface area contributed by atoms with Crippen molar-refractivity contribution in [1.82, 2.24) is 9.80 Å². The number of carbonyl (C=O) groups excluding carboxylic acids is 3. The Kier molecular flexibility index (Phi) is 3.37. The Morgan fingerprint density at radius 3 is 1.92 bits per heavy atom. The summed E-state index contributed by atoms with van der Waals surface area (Å²) in [5.74, 6) is -1.01. The number of rotatable bonds is 1. The number of benzene rings is 2. The van der Waals surface area contributed by atoms with E-state index in [2.05, 4.69) is 0 Å². The Morgan fingerprint density at radius 1 is 0.769 bits per heavy atom. The van der Waals surface area contributed by atoms with Gasteiger partial charge in [-0.25, -0.2) is 4.79 Å². The van der Waals surface area contributed by atoms with Crippen LogP contribution in [0.25, 0.3) is 11.1 Å². The molecule has 0 saturated carbocycles. The van der Waals surface area contributed by atoms with E-state index in [9.17, 15) is 14.4 Å². The second-order valence-electron chi connectivity index (χ2n) is 6.67. The summed E-state index contributed by atoms with van der Waals surface area (Å²) in [6, 6.07) is 16.2. The molecule has 1 aliphatic heterocycles. The molecule has 4 amide bonds. The molecule has 1 fully saturated rings. The maximum absolute atomic E-state index is 13.4. The minimum atomic E-state index is -1.53. The summed E-state index contributed by atoms with van der Waals surface area (Å²) in [6.07, 6.45) is 0. The number of nitrogens with zero attached hydrogens (tertiary/aromatic N) is 2. The van der Waals surface area contributed by atoms with E-state index in [-0.39, 0.29) is 0 Å². The molecule has 0 bridgehead atoms. The first kappa shape index (κ1) is 16.3. The van der Waals surface area contributed by atoms with Gasteiger partial charge in [0.15, 0.2) is 5.41 Å². The summed E-state index contributed by atoms with van der Waals surface area (Å²) in [5, 5.41) is 0. The Balaban J connectivity index is 2.11.